The molecule has 6 aromatic rings. The molecule has 0 atom stereocenters. The Morgan fingerprint density at radius 3 is 1.72 bits per heavy atom. The van der Waals surface area contributed by atoms with Gasteiger partial charge in [-0.1, -0.05) is 60.7 Å². The van der Waals surface area contributed by atoms with Gasteiger partial charge in [-0.25, -0.2) is 9.78 Å². The fraction of sp³-hybridized carbons (Fsp3) is 0.105. The van der Waals surface area contributed by atoms with Gasteiger partial charge in [-0.05, 0) is 71.8 Å². The minimum atomic E-state index is -1.00. The monoisotopic (exact) mass is 612 g/mol. The zero-order valence-electron chi connectivity index (χ0n) is 25.4. The van der Waals surface area contributed by atoms with Crippen LogP contribution in [-0.4, -0.2) is 34.8 Å². The highest BCUT2D eigenvalue weighted by molar-refractivity contribution is 5.88. The van der Waals surface area contributed by atoms with Crippen molar-refractivity contribution < 1.29 is 28.8 Å². The van der Waals surface area contributed by atoms with Gasteiger partial charge in [0, 0.05) is 17.4 Å². The van der Waals surface area contributed by atoms with E-state index in [4.69, 9.17) is 23.9 Å². The predicted molar refractivity (Wildman–Crippen MR) is 176 cm³/mol. The fourth-order valence-corrected chi connectivity index (χ4v) is 5.03. The predicted octanol–water partition coefficient (Wildman–Crippen LogP) is 8.08. The minimum absolute atomic E-state index is 0.184. The fourth-order valence-electron chi connectivity index (χ4n) is 5.03. The van der Waals surface area contributed by atoms with E-state index in [0.717, 1.165) is 16.7 Å². The zero-order chi connectivity index (χ0) is 31.9. The summed E-state index contributed by atoms with van der Waals surface area (Å²) >= 11 is 0. The molecule has 230 valence electrons. The molecule has 0 radical (unpaired) electrons. The summed E-state index contributed by atoms with van der Waals surface area (Å²) in [6.45, 7) is 0.728. The highest BCUT2D eigenvalue weighted by Crippen LogP contribution is 2.39. The lowest BCUT2D eigenvalue weighted by molar-refractivity contribution is 0.0697. The Labute approximate surface area is 267 Å². The number of methoxy groups -OCH3 is 2. The summed E-state index contributed by atoms with van der Waals surface area (Å²) in [5.74, 6) is 2.09. The zero-order valence-corrected chi connectivity index (χ0v) is 25.4. The molecule has 0 saturated heterocycles. The van der Waals surface area contributed by atoms with Crippen LogP contribution in [-0.2, 0) is 13.2 Å². The third-order valence-electron chi connectivity index (χ3n) is 7.46. The van der Waals surface area contributed by atoms with Crippen LogP contribution in [0.4, 0.5) is 0 Å². The molecule has 1 N–H and O–H groups in total. The molecule has 0 spiro atoms. The Morgan fingerprint density at radius 1 is 0.674 bits per heavy atom. The van der Waals surface area contributed by atoms with Crippen LogP contribution in [0.15, 0.2) is 128 Å². The van der Waals surface area contributed by atoms with E-state index in [2.05, 4.69) is 0 Å². The van der Waals surface area contributed by atoms with Gasteiger partial charge < -0.3 is 24.1 Å². The molecule has 0 saturated carbocycles. The van der Waals surface area contributed by atoms with Crippen LogP contribution in [0, 0.1) is 0 Å². The van der Waals surface area contributed by atoms with Crippen molar-refractivity contribution in [2.75, 3.05) is 14.2 Å². The molecule has 1 heterocycles. The maximum Gasteiger partial charge on any atom is 0.335 e. The highest BCUT2D eigenvalue weighted by Gasteiger charge is 2.21. The quantitative estimate of drug-likeness (QED) is 0.149. The van der Waals surface area contributed by atoms with E-state index in [1.807, 2.05) is 108 Å². The molecular weight excluding hydrogens is 580 g/mol. The molecule has 0 aliphatic heterocycles. The number of carboxylic acid groups (broad SMARTS) is 1. The van der Waals surface area contributed by atoms with Crippen molar-refractivity contribution in [3.63, 3.8) is 0 Å². The molecule has 8 nitrogen and oxygen atoms in total. The third-order valence-corrected chi connectivity index (χ3v) is 7.46. The second kappa shape index (κ2) is 13.7. The Hall–Kier alpha value is -6.02. The van der Waals surface area contributed by atoms with Crippen molar-refractivity contribution in [2.24, 2.45) is 0 Å². The molecule has 1 aromatic heterocycles. The van der Waals surface area contributed by atoms with Crippen molar-refractivity contribution in [3.05, 3.63) is 144 Å². The molecule has 0 aliphatic rings. The normalized spacial score (nSPS) is 10.7. The second-order valence-corrected chi connectivity index (χ2v) is 10.4. The molecule has 6 rings (SSSR count). The van der Waals surface area contributed by atoms with Gasteiger partial charge >= 0.3 is 5.97 Å². The van der Waals surface area contributed by atoms with Crippen molar-refractivity contribution in [1.29, 1.82) is 0 Å². The molecule has 0 aliphatic carbocycles. The second-order valence-electron chi connectivity index (χ2n) is 10.4. The smallest absolute Gasteiger partial charge is 0.335 e. The molecule has 0 fully saturated rings. The summed E-state index contributed by atoms with van der Waals surface area (Å²) in [4.78, 5) is 16.8. The third kappa shape index (κ3) is 6.71. The number of ether oxygens (including phenoxy) is 4. The molecular formula is C38H32N2O6. The number of imidazole rings is 1. The summed E-state index contributed by atoms with van der Waals surface area (Å²) in [6.07, 6.45) is 1.90. The number of benzene rings is 5. The number of aromatic nitrogens is 2. The van der Waals surface area contributed by atoms with Crippen LogP contribution in [0.5, 0.6) is 23.0 Å². The lowest BCUT2D eigenvalue weighted by Gasteiger charge is -2.15. The van der Waals surface area contributed by atoms with E-state index in [0.29, 0.717) is 59.0 Å². The summed E-state index contributed by atoms with van der Waals surface area (Å²) in [6, 6.07) is 37.7. The summed E-state index contributed by atoms with van der Waals surface area (Å²) in [5, 5.41) is 9.52. The van der Waals surface area contributed by atoms with Gasteiger partial charge in [-0.2, -0.15) is 0 Å². The molecule has 46 heavy (non-hydrogen) atoms. The number of hydrogen-bond acceptors (Lipinski definition) is 6. The molecule has 8 heteroatoms. The van der Waals surface area contributed by atoms with Gasteiger partial charge in [0.25, 0.3) is 0 Å². The first-order valence-electron chi connectivity index (χ1n) is 14.7. The lowest BCUT2D eigenvalue weighted by atomic mass is 10.1. The lowest BCUT2D eigenvalue weighted by Crippen LogP contribution is -2.02. The summed E-state index contributed by atoms with van der Waals surface area (Å²) in [7, 11) is 3.23. The SMILES string of the molecule is COc1ccc(OCc2ccccc2)c(-c2cn(-c3ccc(C(=O)O)cc3)c(-c3cc(OC)ccc3OCc3ccccc3)n2)c1. The van der Waals surface area contributed by atoms with Gasteiger partial charge in [0.2, 0.25) is 0 Å². The van der Waals surface area contributed by atoms with Crippen molar-refractivity contribution in [3.8, 4) is 51.3 Å². The van der Waals surface area contributed by atoms with Crippen molar-refractivity contribution in [2.45, 2.75) is 13.2 Å². The Kier molecular flexibility index (Phi) is 8.97. The average molecular weight is 613 g/mol. The van der Waals surface area contributed by atoms with Crippen molar-refractivity contribution in [1.82, 2.24) is 9.55 Å². The maximum absolute atomic E-state index is 11.6. The molecule has 0 amide bonds. The average Bonchev–Trinajstić information content (AvgIpc) is 3.56. The van der Waals surface area contributed by atoms with E-state index >= 15 is 0 Å². The Bertz CT molecular complexity index is 1940. The maximum atomic E-state index is 11.6. The minimum Gasteiger partial charge on any atom is -0.497 e. The summed E-state index contributed by atoms with van der Waals surface area (Å²) < 4.78 is 25.8. The van der Waals surface area contributed by atoms with Gasteiger partial charge in [0.05, 0.1) is 31.0 Å². The molecule has 0 unspecified atom stereocenters. The standard InChI is InChI=1S/C38H32N2O6/c1-43-30-17-19-35(45-24-26-9-5-3-6-10-26)32(21-30)34-23-40(29-15-13-28(14-16-29)38(41)42)37(39-34)33-22-31(44-2)18-20-36(33)46-25-27-11-7-4-8-12-27/h3-23H,24-25H2,1-2H3,(H,41,42). The van der Waals surface area contributed by atoms with E-state index in [1.165, 1.54) is 0 Å². The van der Waals surface area contributed by atoms with Gasteiger partial charge in [0.1, 0.15) is 42.0 Å². The first kappa shape index (κ1) is 30.0. The first-order valence-corrected chi connectivity index (χ1v) is 14.7. The topological polar surface area (TPSA) is 92.0 Å². The van der Waals surface area contributed by atoms with Crippen molar-refractivity contribution >= 4 is 5.97 Å². The molecule has 5 aromatic carbocycles. The largest absolute Gasteiger partial charge is 0.497 e. The number of aromatic carboxylic acids is 1. The Balaban J connectivity index is 1.48. The van der Waals surface area contributed by atoms with E-state index in [1.54, 1.807) is 38.5 Å². The number of carboxylic acids is 1. The van der Waals surface area contributed by atoms with Crippen LogP contribution < -0.4 is 18.9 Å². The first-order chi connectivity index (χ1) is 22.5. The highest BCUT2D eigenvalue weighted by atomic mass is 16.5. The summed E-state index contributed by atoms with van der Waals surface area (Å²) in [5.41, 5.74) is 5.00. The van der Waals surface area contributed by atoms with Crippen LogP contribution in [0.1, 0.15) is 21.5 Å². The van der Waals surface area contributed by atoms with Crippen LogP contribution in [0.2, 0.25) is 0 Å². The van der Waals surface area contributed by atoms with Crippen LogP contribution >= 0.6 is 0 Å². The van der Waals surface area contributed by atoms with Gasteiger partial charge in [0.15, 0.2) is 0 Å². The number of carbonyl (C=O) groups is 1. The van der Waals surface area contributed by atoms with Crippen LogP contribution in [0.25, 0.3) is 28.3 Å². The van der Waals surface area contributed by atoms with E-state index in [-0.39, 0.29) is 5.56 Å². The van der Waals surface area contributed by atoms with E-state index in [9.17, 15) is 9.90 Å². The molecule has 0 bridgehead atoms. The van der Waals surface area contributed by atoms with E-state index < -0.39 is 5.97 Å². The Morgan fingerprint density at radius 2 is 1.20 bits per heavy atom. The number of nitrogens with zero attached hydrogens (tertiary/aromatic N) is 2. The van der Waals surface area contributed by atoms with Gasteiger partial charge in [-0.15, -0.1) is 0 Å². The number of hydrogen-bond donors (Lipinski definition) is 1. The van der Waals surface area contributed by atoms with Gasteiger partial charge in [-0.3, -0.25) is 4.57 Å². The number of rotatable bonds is 12. The van der Waals surface area contributed by atoms with Crippen LogP contribution in [0.3, 0.4) is 0 Å².